The maximum absolute atomic E-state index is 13.0. The average molecular weight is 586 g/mol. The predicted molar refractivity (Wildman–Crippen MR) is 135 cm³/mol. The molecule has 1 N–H and O–H groups in total. The molecule has 0 aliphatic carbocycles. The molecule has 1 heterocycles. The van der Waals surface area contributed by atoms with Crippen molar-refractivity contribution < 1.29 is 23.9 Å². The first-order valence-corrected chi connectivity index (χ1v) is 11.7. The number of carbonyl (C=O) groups is 3. The second-order valence-electron chi connectivity index (χ2n) is 7.26. The van der Waals surface area contributed by atoms with Crippen LogP contribution in [0.1, 0.15) is 11.1 Å². The topological polar surface area (TPSA) is 84.9 Å². The first-order chi connectivity index (χ1) is 16.4. The van der Waals surface area contributed by atoms with Gasteiger partial charge in [0.05, 0.1) is 12.8 Å². The molecule has 1 saturated heterocycles. The molecule has 7 nitrogen and oxygen atoms in total. The van der Waals surface area contributed by atoms with Crippen LogP contribution in [0, 0.1) is 0 Å². The molecule has 34 heavy (non-hydrogen) atoms. The van der Waals surface area contributed by atoms with E-state index in [0.29, 0.717) is 29.4 Å². The van der Waals surface area contributed by atoms with Gasteiger partial charge in [-0.25, -0.2) is 9.69 Å². The van der Waals surface area contributed by atoms with Gasteiger partial charge in [0.15, 0.2) is 11.5 Å². The summed E-state index contributed by atoms with van der Waals surface area (Å²) in [6.07, 6.45) is 1.41. The molecule has 1 fully saturated rings. The van der Waals surface area contributed by atoms with Crippen molar-refractivity contribution in [2.24, 2.45) is 0 Å². The first-order valence-electron chi connectivity index (χ1n) is 10.1. The molecule has 0 atom stereocenters. The van der Waals surface area contributed by atoms with E-state index in [-0.39, 0.29) is 5.57 Å². The molecule has 1 aliphatic heterocycles. The van der Waals surface area contributed by atoms with Crippen molar-refractivity contribution in [2.45, 2.75) is 6.61 Å². The van der Waals surface area contributed by atoms with E-state index in [0.717, 1.165) is 19.4 Å². The van der Waals surface area contributed by atoms with Crippen LogP contribution in [0.25, 0.3) is 6.08 Å². The summed E-state index contributed by atoms with van der Waals surface area (Å²) in [5.74, 6) is -0.530. The van der Waals surface area contributed by atoms with E-state index in [1.54, 1.807) is 42.5 Å². The van der Waals surface area contributed by atoms with Crippen molar-refractivity contribution in [2.75, 3.05) is 12.0 Å². The Kier molecular flexibility index (Phi) is 7.14. The van der Waals surface area contributed by atoms with Gasteiger partial charge in [-0.15, -0.1) is 0 Å². The number of halogens is 2. The van der Waals surface area contributed by atoms with E-state index < -0.39 is 17.8 Å². The van der Waals surface area contributed by atoms with Gasteiger partial charge < -0.3 is 9.47 Å². The highest BCUT2D eigenvalue weighted by Crippen LogP contribution is 2.31. The Morgan fingerprint density at radius 3 is 2.18 bits per heavy atom. The van der Waals surface area contributed by atoms with Crippen LogP contribution in [0.3, 0.4) is 0 Å². The molecule has 0 bridgehead atoms. The Morgan fingerprint density at radius 2 is 1.53 bits per heavy atom. The van der Waals surface area contributed by atoms with Crippen LogP contribution in [-0.2, 0) is 16.2 Å². The summed E-state index contributed by atoms with van der Waals surface area (Å²) in [7, 11) is 1.51. The number of carbonyl (C=O) groups excluding carboxylic acids is 3. The Balaban J connectivity index is 1.58. The first kappa shape index (κ1) is 23.7. The number of nitrogens with zero attached hydrogens (tertiary/aromatic N) is 1. The quantitative estimate of drug-likeness (QED) is 0.306. The minimum atomic E-state index is -0.802. The average Bonchev–Trinajstić information content (AvgIpc) is 2.83. The minimum Gasteiger partial charge on any atom is -0.493 e. The third-order valence-corrected chi connectivity index (χ3v) is 6.05. The van der Waals surface area contributed by atoms with Crippen molar-refractivity contribution in [3.63, 3.8) is 0 Å². The highest BCUT2D eigenvalue weighted by atomic mass is 79.9. The molecule has 172 valence electrons. The summed E-state index contributed by atoms with van der Waals surface area (Å²) in [5, 5.41) is 2.21. The highest BCUT2D eigenvalue weighted by molar-refractivity contribution is 9.10. The van der Waals surface area contributed by atoms with Gasteiger partial charge in [0.2, 0.25) is 0 Å². The monoisotopic (exact) mass is 584 g/mol. The second kappa shape index (κ2) is 10.2. The third kappa shape index (κ3) is 5.21. The van der Waals surface area contributed by atoms with E-state index in [1.807, 2.05) is 24.3 Å². The molecule has 9 heteroatoms. The van der Waals surface area contributed by atoms with Gasteiger partial charge >= 0.3 is 6.03 Å². The van der Waals surface area contributed by atoms with Crippen LogP contribution in [0.15, 0.2) is 81.2 Å². The zero-order chi connectivity index (χ0) is 24.2. The van der Waals surface area contributed by atoms with E-state index in [2.05, 4.69) is 37.2 Å². The summed E-state index contributed by atoms with van der Waals surface area (Å²) >= 11 is 6.72. The lowest BCUT2D eigenvalue weighted by atomic mass is 10.1. The number of imide groups is 2. The molecule has 3 aromatic carbocycles. The Labute approximate surface area is 212 Å². The minimum absolute atomic E-state index is 0.173. The molecule has 0 radical (unpaired) electrons. The van der Waals surface area contributed by atoms with Crippen LogP contribution in [0.5, 0.6) is 11.5 Å². The van der Waals surface area contributed by atoms with Crippen LogP contribution in [0.2, 0.25) is 0 Å². The fraction of sp³-hybridized carbons (Fsp3) is 0.0800. The van der Waals surface area contributed by atoms with Gasteiger partial charge in [-0.05, 0) is 65.7 Å². The van der Waals surface area contributed by atoms with Gasteiger partial charge in [0.25, 0.3) is 11.8 Å². The van der Waals surface area contributed by atoms with Gasteiger partial charge in [-0.2, -0.15) is 0 Å². The normalized spacial score (nSPS) is 14.9. The number of hydrogen-bond donors (Lipinski definition) is 1. The van der Waals surface area contributed by atoms with E-state index in [4.69, 9.17) is 9.47 Å². The van der Waals surface area contributed by atoms with Gasteiger partial charge in [0.1, 0.15) is 12.2 Å². The summed E-state index contributed by atoms with van der Waals surface area (Å²) < 4.78 is 13.1. The fourth-order valence-corrected chi connectivity index (χ4v) is 3.81. The Morgan fingerprint density at radius 1 is 0.882 bits per heavy atom. The molecule has 1 aliphatic rings. The molecule has 0 aromatic heterocycles. The van der Waals surface area contributed by atoms with Gasteiger partial charge in [-0.1, -0.05) is 50.1 Å². The van der Waals surface area contributed by atoms with Crippen LogP contribution in [-0.4, -0.2) is 25.0 Å². The van der Waals surface area contributed by atoms with E-state index in [9.17, 15) is 14.4 Å². The lowest BCUT2D eigenvalue weighted by Gasteiger charge is -2.26. The summed E-state index contributed by atoms with van der Waals surface area (Å²) in [4.78, 5) is 38.8. The molecule has 4 rings (SSSR count). The van der Waals surface area contributed by atoms with Gasteiger partial charge in [-0.3, -0.25) is 14.9 Å². The fourth-order valence-electron chi connectivity index (χ4n) is 3.28. The molecule has 4 amide bonds. The van der Waals surface area contributed by atoms with Crippen molar-refractivity contribution in [1.82, 2.24) is 5.32 Å². The zero-order valence-electron chi connectivity index (χ0n) is 17.9. The standard InChI is InChI=1S/C25H18Br2N2O5/c1-33-22-13-16(4-11-21(22)34-14-15-2-5-17(26)6-3-15)12-20-23(30)28-25(32)29(24(20)31)19-9-7-18(27)8-10-19/h2-13H,14H2,1H3,(H,28,30,32). The highest BCUT2D eigenvalue weighted by Gasteiger charge is 2.36. The predicted octanol–water partition coefficient (Wildman–Crippen LogP) is 5.47. The number of rotatable bonds is 6. The number of ether oxygens (including phenoxy) is 2. The third-order valence-electron chi connectivity index (χ3n) is 4.99. The molecule has 0 saturated carbocycles. The van der Waals surface area contributed by atoms with Gasteiger partial charge in [0, 0.05) is 8.95 Å². The number of urea groups is 1. The van der Waals surface area contributed by atoms with Crippen LogP contribution < -0.4 is 19.7 Å². The Bertz CT molecular complexity index is 1290. The maximum atomic E-state index is 13.0. The van der Waals surface area contributed by atoms with Crippen molar-refractivity contribution in [3.05, 3.63) is 92.4 Å². The zero-order valence-corrected chi connectivity index (χ0v) is 21.1. The Hall–Kier alpha value is -3.43. The smallest absolute Gasteiger partial charge is 0.335 e. The number of hydrogen-bond acceptors (Lipinski definition) is 5. The lowest BCUT2D eigenvalue weighted by Crippen LogP contribution is -2.54. The largest absolute Gasteiger partial charge is 0.493 e. The van der Waals surface area contributed by atoms with Crippen molar-refractivity contribution >= 4 is 61.5 Å². The molecule has 0 unspecified atom stereocenters. The van der Waals surface area contributed by atoms with Crippen LogP contribution in [0.4, 0.5) is 10.5 Å². The summed E-state index contributed by atoms with van der Waals surface area (Å²) in [6.45, 7) is 0.342. The number of methoxy groups -OCH3 is 1. The van der Waals surface area contributed by atoms with Crippen LogP contribution >= 0.6 is 31.9 Å². The van der Waals surface area contributed by atoms with E-state index >= 15 is 0 Å². The molecular formula is C25H18Br2N2O5. The van der Waals surface area contributed by atoms with E-state index in [1.165, 1.54) is 13.2 Å². The van der Waals surface area contributed by atoms with Crippen molar-refractivity contribution in [3.8, 4) is 11.5 Å². The SMILES string of the molecule is COc1cc(C=C2C(=O)NC(=O)N(c3ccc(Br)cc3)C2=O)ccc1OCc1ccc(Br)cc1. The number of benzene rings is 3. The number of anilines is 1. The summed E-state index contributed by atoms with van der Waals surface area (Å²) in [6, 6.07) is 18.6. The number of nitrogens with one attached hydrogen (secondary N) is 1. The number of amides is 4. The molecule has 3 aromatic rings. The maximum Gasteiger partial charge on any atom is 0.335 e. The van der Waals surface area contributed by atoms with Crippen molar-refractivity contribution in [1.29, 1.82) is 0 Å². The summed E-state index contributed by atoms with van der Waals surface area (Å²) in [5.41, 5.74) is 1.70. The number of barbiturate groups is 1. The second-order valence-corrected chi connectivity index (χ2v) is 9.09. The molecular weight excluding hydrogens is 568 g/mol. The molecule has 0 spiro atoms. The lowest BCUT2D eigenvalue weighted by molar-refractivity contribution is -0.122.